The van der Waals surface area contributed by atoms with E-state index in [0.29, 0.717) is 27.7 Å². The van der Waals surface area contributed by atoms with Gasteiger partial charge in [0, 0.05) is 15.7 Å². The monoisotopic (exact) mass is 354 g/mol. The van der Waals surface area contributed by atoms with Crippen LogP contribution in [0.2, 0.25) is 5.02 Å². The van der Waals surface area contributed by atoms with Gasteiger partial charge in [-0.05, 0) is 52.3 Å². The second-order valence-corrected chi connectivity index (χ2v) is 5.30. The molecule has 0 saturated heterocycles. The van der Waals surface area contributed by atoms with Crippen molar-refractivity contribution in [2.45, 2.75) is 0 Å². The highest BCUT2D eigenvalue weighted by Crippen LogP contribution is 2.26. The fourth-order valence-electron chi connectivity index (χ4n) is 1.65. The number of amides is 1. The third-order valence-corrected chi connectivity index (χ3v) is 3.90. The number of anilines is 2. The summed E-state index contributed by atoms with van der Waals surface area (Å²) in [7, 11) is 1.52. The SMILES string of the molecule is COc1ccc(C(=O)Nc2ccc(Br)c(Cl)c2)cc1N. The van der Waals surface area contributed by atoms with Gasteiger partial charge in [0.2, 0.25) is 0 Å². The van der Waals surface area contributed by atoms with Gasteiger partial charge in [0.15, 0.2) is 0 Å². The lowest BCUT2D eigenvalue weighted by Gasteiger charge is -2.09. The highest BCUT2D eigenvalue weighted by molar-refractivity contribution is 9.10. The highest BCUT2D eigenvalue weighted by Gasteiger charge is 2.09. The van der Waals surface area contributed by atoms with Gasteiger partial charge in [0.25, 0.3) is 5.91 Å². The summed E-state index contributed by atoms with van der Waals surface area (Å²) in [5, 5.41) is 3.28. The summed E-state index contributed by atoms with van der Waals surface area (Å²) in [5.41, 5.74) is 7.24. The topological polar surface area (TPSA) is 64.3 Å². The Morgan fingerprint density at radius 1 is 1.30 bits per heavy atom. The van der Waals surface area contributed by atoms with Crippen LogP contribution in [0.5, 0.6) is 5.75 Å². The molecule has 2 rings (SSSR count). The van der Waals surface area contributed by atoms with E-state index >= 15 is 0 Å². The number of methoxy groups -OCH3 is 1. The molecule has 3 N–H and O–H groups in total. The van der Waals surface area contributed by atoms with Crippen LogP contribution in [-0.2, 0) is 0 Å². The molecule has 4 nitrogen and oxygen atoms in total. The molecule has 0 aromatic heterocycles. The number of nitrogens with two attached hydrogens (primary N) is 1. The number of benzene rings is 2. The van der Waals surface area contributed by atoms with Crippen LogP contribution in [0, 0.1) is 0 Å². The predicted molar refractivity (Wildman–Crippen MR) is 84.5 cm³/mol. The van der Waals surface area contributed by atoms with Gasteiger partial charge >= 0.3 is 0 Å². The molecule has 0 fully saturated rings. The van der Waals surface area contributed by atoms with Crippen LogP contribution in [0.4, 0.5) is 11.4 Å². The predicted octanol–water partition coefficient (Wildman–Crippen LogP) is 3.95. The first-order valence-electron chi connectivity index (χ1n) is 5.71. The molecule has 2 aromatic rings. The molecule has 0 heterocycles. The Morgan fingerprint density at radius 3 is 2.65 bits per heavy atom. The Balaban J connectivity index is 2.19. The van der Waals surface area contributed by atoms with Crippen LogP contribution in [0.15, 0.2) is 40.9 Å². The number of carbonyl (C=O) groups excluding carboxylic acids is 1. The molecule has 0 atom stereocenters. The van der Waals surface area contributed by atoms with E-state index in [0.717, 1.165) is 4.47 Å². The van der Waals surface area contributed by atoms with Gasteiger partial charge in [-0.1, -0.05) is 11.6 Å². The Bertz CT molecular complexity index is 662. The van der Waals surface area contributed by atoms with E-state index in [2.05, 4.69) is 21.2 Å². The first-order valence-corrected chi connectivity index (χ1v) is 6.88. The molecular weight excluding hydrogens is 344 g/mol. The number of hydrogen-bond donors (Lipinski definition) is 2. The zero-order chi connectivity index (χ0) is 14.7. The van der Waals surface area contributed by atoms with Crippen molar-refractivity contribution in [2.75, 3.05) is 18.2 Å². The minimum atomic E-state index is -0.266. The molecule has 0 bridgehead atoms. The molecule has 0 aliphatic carbocycles. The zero-order valence-electron chi connectivity index (χ0n) is 10.6. The van der Waals surface area contributed by atoms with E-state index in [4.69, 9.17) is 22.1 Å². The van der Waals surface area contributed by atoms with E-state index in [1.54, 1.807) is 36.4 Å². The molecule has 0 spiro atoms. The Kier molecular flexibility index (Phi) is 4.52. The first-order chi connectivity index (χ1) is 9.51. The van der Waals surface area contributed by atoms with Crippen molar-refractivity contribution in [3.63, 3.8) is 0 Å². The lowest BCUT2D eigenvalue weighted by Crippen LogP contribution is -2.12. The number of nitrogen functional groups attached to an aromatic ring is 1. The molecule has 2 aromatic carbocycles. The van der Waals surface area contributed by atoms with Crippen molar-refractivity contribution >= 4 is 44.8 Å². The van der Waals surface area contributed by atoms with Crippen molar-refractivity contribution in [3.8, 4) is 5.75 Å². The molecule has 20 heavy (non-hydrogen) atoms. The Labute approximate surface area is 130 Å². The van der Waals surface area contributed by atoms with Gasteiger partial charge in [0.05, 0.1) is 17.8 Å². The molecule has 104 valence electrons. The number of rotatable bonds is 3. The summed E-state index contributed by atoms with van der Waals surface area (Å²) in [4.78, 5) is 12.1. The van der Waals surface area contributed by atoms with Crippen LogP contribution in [0.3, 0.4) is 0 Å². The number of carbonyl (C=O) groups is 1. The van der Waals surface area contributed by atoms with Gasteiger partial charge in [0.1, 0.15) is 5.75 Å². The van der Waals surface area contributed by atoms with Gasteiger partial charge in [-0.15, -0.1) is 0 Å². The van der Waals surface area contributed by atoms with Crippen LogP contribution in [0.25, 0.3) is 0 Å². The molecule has 0 saturated carbocycles. The Morgan fingerprint density at radius 2 is 2.05 bits per heavy atom. The summed E-state index contributed by atoms with van der Waals surface area (Å²) >= 11 is 9.26. The third kappa shape index (κ3) is 3.23. The van der Waals surface area contributed by atoms with Crippen LogP contribution in [-0.4, -0.2) is 13.0 Å². The summed E-state index contributed by atoms with van der Waals surface area (Å²) < 4.78 is 5.82. The maximum absolute atomic E-state index is 12.1. The normalized spacial score (nSPS) is 10.2. The highest BCUT2D eigenvalue weighted by atomic mass is 79.9. The smallest absolute Gasteiger partial charge is 0.255 e. The first kappa shape index (κ1) is 14.7. The largest absolute Gasteiger partial charge is 0.495 e. The second kappa shape index (κ2) is 6.15. The minimum Gasteiger partial charge on any atom is -0.495 e. The summed E-state index contributed by atoms with van der Waals surface area (Å²) in [6.07, 6.45) is 0. The third-order valence-electron chi connectivity index (χ3n) is 2.67. The summed E-state index contributed by atoms with van der Waals surface area (Å²) in [6, 6.07) is 10.0. The van der Waals surface area contributed by atoms with Crippen molar-refractivity contribution < 1.29 is 9.53 Å². The van der Waals surface area contributed by atoms with E-state index in [-0.39, 0.29) is 5.91 Å². The molecule has 0 aliphatic rings. The fraction of sp³-hybridized carbons (Fsp3) is 0.0714. The van der Waals surface area contributed by atoms with E-state index < -0.39 is 0 Å². The molecule has 0 unspecified atom stereocenters. The van der Waals surface area contributed by atoms with Crippen molar-refractivity contribution in [1.82, 2.24) is 0 Å². The van der Waals surface area contributed by atoms with Gasteiger partial charge in [-0.25, -0.2) is 0 Å². The molecule has 6 heteroatoms. The van der Waals surface area contributed by atoms with Gasteiger partial charge in [-0.3, -0.25) is 4.79 Å². The average molecular weight is 356 g/mol. The van der Waals surface area contributed by atoms with Crippen molar-refractivity contribution in [2.24, 2.45) is 0 Å². The molecule has 0 aliphatic heterocycles. The molecule has 1 amide bonds. The molecule has 0 radical (unpaired) electrons. The van der Waals surface area contributed by atoms with E-state index in [1.807, 2.05) is 0 Å². The summed E-state index contributed by atoms with van der Waals surface area (Å²) in [6.45, 7) is 0. The average Bonchev–Trinajstić information content (AvgIpc) is 2.42. The molecular formula is C14H12BrClN2O2. The maximum Gasteiger partial charge on any atom is 0.255 e. The number of ether oxygens (including phenoxy) is 1. The quantitative estimate of drug-likeness (QED) is 0.820. The fourth-order valence-corrected chi connectivity index (χ4v) is 2.08. The minimum absolute atomic E-state index is 0.266. The standard InChI is InChI=1S/C14H12BrClN2O2/c1-20-13-5-2-8(6-12(13)17)14(19)18-9-3-4-10(15)11(16)7-9/h2-7H,17H2,1H3,(H,18,19). The lowest BCUT2D eigenvalue weighted by molar-refractivity contribution is 0.102. The zero-order valence-corrected chi connectivity index (χ0v) is 13.0. The summed E-state index contributed by atoms with van der Waals surface area (Å²) in [5.74, 6) is 0.269. The van der Waals surface area contributed by atoms with Crippen molar-refractivity contribution in [3.05, 3.63) is 51.5 Å². The number of halogens is 2. The van der Waals surface area contributed by atoms with E-state index in [1.165, 1.54) is 7.11 Å². The van der Waals surface area contributed by atoms with Crippen LogP contribution < -0.4 is 15.8 Å². The number of hydrogen-bond acceptors (Lipinski definition) is 3. The van der Waals surface area contributed by atoms with E-state index in [9.17, 15) is 4.79 Å². The van der Waals surface area contributed by atoms with Gasteiger partial charge in [-0.2, -0.15) is 0 Å². The number of nitrogens with one attached hydrogen (secondary N) is 1. The van der Waals surface area contributed by atoms with Crippen LogP contribution >= 0.6 is 27.5 Å². The van der Waals surface area contributed by atoms with Gasteiger partial charge < -0.3 is 15.8 Å². The van der Waals surface area contributed by atoms with Crippen molar-refractivity contribution in [1.29, 1.82) is 0 Å². The Hall–Kier alpha value is -1.72. The van der Waals surface area contributed by atoms with Crippen LogP contribution in [0.1, 0.15) is 10.4 Å². The lowest BCUT2D eigenvalue weighted by atomic mass is 10.1. The maximum atomic E-state index is 12.1. The second-order valence-electron chi connectivity index (χ2n) is 4.04.